The zero-order chi connectivity index (χ0) is 13.9. The fourth-order valence-corrected chi connectivity index (χ4v) is 2.81. The summed E-state index contributed by atoms with van der Waals surface area (Å²) in [7, 11) is 0. The van der Waals surface area contributed by atoms with E-state index in [1.807, 2.05) is 6.20 Å². The number of carbonyl (C=O) groups is 1. The molecule has 0 aliphatic carbocycles. The van der Waals surface area contributed by atoms with E-state index in [2.05, 4.69) is 22.5 Å². The number of halogens is 4. The highest BCUT2D eigenvalue weighted by Gasteiger charge is 2.42. The summed E-state index contributed by atoms with van der Waals surface area (Å²) >= 11 is 1.62. The Balaban J connectivity index is 0.00000200. The SMILES string of the molecule is CCc1cnc(CCNC(=O)C2CC(F)(F)CN2)s1.Cl.Cl. The fourth-order valence-electron chi connectivity index (χ4n) is 1.94. The second kappa shape index (κ2) is 8.82. The first-order valence-corrected chi connectivity index (χ1v) is 7.14. The summed E-state index contributed by atoms with van der Waals surface area (Å²) in [6.07, 6.45) is 3.00. The smallest absolute Gasteiger partial charge is 0.262 e. The van der Waals surface area contributed by atoms with Crippen LogP contribution in [-0.2, 0) is 17.6 Å². The highest BCUT2D eigenvalue weighted by molar-refractivity contribution is 7.11. The van der Waals surface area contributed by atoms with Gasteiger partial charge in [-0.3, -0.25) is 10.1 Å². The van der Waals surface area contributed by atoms with Gasteiger partial charge in [-0.2, -0.15) is 0 Å². The van der Waals surface area contributed by atoms with Crippen LogP contribution in [0.3, 0.4) is 0 Å². The lowest BCUT2D eigenvalue weighted by Gasteiger charge is -2.10. The normalized spacial score (nSPS) is 19.5. The van der Waals surface area contributed by atoms with Crippen molar-refractivity contribution in [1.82, 2.24) is 15.6 Å². The van der Waals surface area contributed by atoms with Gasteiger partial charge in [0.15, 0.2) is 0 Å². The zero-order valence-electron chi connectivity index (χ0n) is 11.5. The van der Waals surface area contributed by atoms with Gasteiger partial charge in [0, 0.05) is 30.5 Å². The molecule has 2 rings (SSSR count). The van der Waals surface area contributed by atoms with Crippen molar-refractivity contribution in [3.05, 3.63) is 16.1 Å². The largest absolute Gasteiger partial charge is 0.354 e. The van der Waals surface area contributed by atoms with E-state index >= 15 is 0 Å². The number of carbonyl (C=O) groups excluding carboxylic acids is 1. The third-order valence-corrected chi connectivity index (χ3v) is 4.22. The van der Waals surface area contributed by atoms with Gasteiger partial charge in [0.2, 0.25) is 5.91 Å². The van der Waals surface area contributed by atoms with Crippen LogP contribution < -0.4 is 10.6 Å². The molecule has 2 heterocycles. The quantitative estimate of drug-likeness (QED) is 0.845. The molecule has 4 nitrogen and oxygen atoms in total. The molecule has 1 aromatic heterocycles. The molecule has 1 aromatic rings. The van der Waals surface area contributed by atoms with Crippen LogP contribution in [0.1, 0.15) is 23.2 Å². The summed E-state index contributed by atoms with van der Waals surface area (Å²) in [5.41, 5.74) is 0. The second-order valence-corrected chi connectivity index (χ2v) is 5.81. The van der Waals surface area contributed by atoms with E-state index in [-0.39, 0.29) is 30.7 Å². The van der Waals surface area contributed by atoms with Crippen molar-refractivity contribution in [1.29, 1.82) is 0 Å². The molecule has 0 aromatic carbocycles. The van der Waals surface area contributed by atoms with Gasteiger partial charge in [0.1, 0.15) is 0 Å². The van der Waals surface area contributed by atoms with E-state index < -0.39 is 24.9 Å². The van der Waals surface area contributed by atoms with Crippen molar-refractivity contribution < 1.29 is 13.6 Å². The standard InChI is InChI=1S/C12H17F2N3OS.2ClH/c1-2-8-6-16-10(19-8)3-4-15-11(18)9-5-12(13,14)7-17-9;;/h6,9,17H,2-5,7H2,1H3,(H,15,18);2*1H. The highest BCUT2D eigenvalue weighted by Crippen LogP contribution is 2.25. The van der Waals surface area contributed by atoms with Gasteiger partial charge in [-0.05, 0) is 6.42 Å². The number of rotatable bonds is 5. The van der Waals surface area contributed by atoms with Gasteiger partial charge in [0.25, 0.3) is 5.92 Å². The number of aromatic nitrogens is 1. The van der Waals surface area contributed by atoms with Crippen LogP contribution in [0.25, 0.3) is 0 Å². The number of aryl methyl sites for hydroxylation is 1. The summed E-state index contributed by atoms with van der Waals surface area (Å²) in [5, 5.41) is 6.16. The first-order valence-electron chi connectivity index (χ1n) is 6.32. The molecule has 1 atom stereocenters. The van der Waals surface area contributed by atoms with Gasteiger partial charge in [-0.15, -0.1) is 36.2 Å². The number of hydrogen-bond donors (Lipinski definition) is 2. The van der Waals surface area contributed by atoms with Gasteiger partial charge in [-0.25, -0.2) is 13.8 Å². The predicted molar refractivity (Wildman–Crippen MR) is 84.1 cm³/mol. The van der Waals surface area contributed by atoms with Gasteiger partial charge in [0.05, 0.1) is 17.6 Å². The molecule has 2 N–H and O–H groups in total. The second-order valence-electron chi connectivity index (χ2n) is 4.61. The monoisotopic (exact) mass is 361 g/mol. The van der Waals surface area contributed by atoms with Crippen molar-refractivity contribution in [3.63, 3.8) is 0 Å². The topological polar surface area (TPSA) is 54.0 Å². The van der Waals surface area contributed by atoms with E-state index in [1.165, 1.54) is 4.88 Å². The minimum atomic E-state index is -2.77. The molecule has 0 radical (unpaired) electrons. The molecule has 1 aliphatic heterocycles. The Morgan fingerprint density at radius 1 is 1.57 bits per heavy atom. The molecule has 1 unspecified atom stereocenters. The molecule has 1 amide bonds. The maximum Gasteiger partial charge on any atom is 0.262 e. The first-order chi connectivity index (χ1) is 9.00. The molecule has 1 fully saturated rings. The van der Waals surface area contributed by atoms with Gasteiger partial charge >= 0.3 is 0 Å². The Kier molecular flexibility index (Phi) is 8.61. The lowest BCUT2D eigenvalue weighted by molar-refractivity contribution is -0.123. The molecular formula is C12H19Cl2F2N3OS. The third kappa shape index (κ3) is 6.02. The van der Waals surface area contributed by atoms with Crippen molar-refractivity contribution >= 4 is 42.1 Å². The van der Waals surface area contributed by atoms with Crippen LogP contribution >= 0.6 is 36.2 Å². The van der Waals surface area contributed by atoms with Crippen molar-refractivity contribution in [2.75, 3.05) is 13.1 Å². The molecule has 1 saturated heterocycles. The van der Waals surface area contributed by atoms with Crippen LogP contribution in [0.15, 0.2) is 6.20 Å². The molecular weight excluding hydrogens is 343 g/mol. The number of alkyl halides is 2. The maximum atomic E-state index is 12.9. The Morgan fingerprint density at radius 3 is 2.81 bits per heavy atom. The maximum absolute atomic E-state index is 12.9. The summed E-state index contributed by atoms with van der Waals surface area (Å²) in [6.45, 7) is 2.07. The molecule has 0 bridgehead atoms. The fraction of sp³-hybridized carbons (Fsp3) is 0.667. The lowest BCUT2D eigenvalue weighted by atomic mass is 10.2. The first kappa shape index (κ1) is 20.5. The molecule has 122 valence electrons. The molecule has 9 heteroatoms. The summed E-state index contributed by atoms with van der Waals surface area (Å²) in [4.78, 5) is 17.1. The summed E-state index contributed by atoms with van der Waals surface area (Å²) < 4.78 is 25.9. The van der Waals surface area contributed by atoms with Gasteiger partial charge < -0.3 is 5.32 Å². The number of nitrogens with one attached hydrogen (secondary N) is 2. The Labute approximate surface area is 138 Å². The zero-order valence-corrected chi connectivity index (χ0v) is 14.0. The lowest BCUT2D eigenvalue weighted by Crippen LogP contribution is -2.41. The van der Waals surface area contributed by atoms with E-state index in [9.17, 15) is 13.6 Å². The Morgan fingerprint density at radius 2 is 2.29 bits per heavy atom. The van der Waals surface area contributed by atoms with E-state index in [4.69, 9.17) is 0 Å². The molecule has 21 heavy (non-hydrogen) atoms. The van der Waals surface area contributed by atoms with E-state index in [0.29, 0.717) is 13.0 Å². The Hall–Kier alpha value is -0.500. The molecule has 0 spiro atoms. The highest BCUT2D eigenvalue weighted by atomic mass is 35.5. The molecule has 1 aliphatic rings. The van der Waals surface area contributed by atoms with Crippen molar-refractivity contribution in [2.24, 2.45) is 0 Å². The number of hydrogen-bond acceptors (Lipinski definition) is 4. The van der Waals surface area contributed by atoms with E-state index in [1.54, 1.807) is 11.3 Å². The average Bonchev–Trinajstić information content (AvgIpc) is 2.95. The van der Waals surface area contributed by atoms with Crippen LogP contribution in [0.5, 0.6) is 0 Å². The molecule has 0 saturated carbocycles. The van der Waals surface area contributed by atoms with Crippen LogP contribution in [0.4, 0.5) is 8.78 Å². The summed E-state index contributed by atoms with van der Waals surface area (Å²) in [5.74, 6) is -3.13. The predicted octanol–water partition coefficient (Wildman–Crippen LogP) is 2.21. The number of thiazole rings is 1. The summed E-state index contributed by atoms with van der Waals surface area (Å²) in [6, 6.07) is -0.780. The number of nitrogens with zero attached hydrogens (tertiary/aromatic N) is 1. The van der Waals surface area contributed by atoms with Crippen molar-refractivity contribution in [2.45, 2.75) is 38.2 Å². The van der Waals surface area contributed by atoms with Gasteiger partial charge in [-0.1, -0.05) is 6.92 Å². The van der Waals surface area contributed by atoms with Crippen LogP contribution in [0.2, 0.25) is 0 Å². The Bertz CT molecular complexity index is 459. The van der Waals surface area contributed by atoms with Crippen LogP contribution in [0, 0.1) is 0 Å². The third-order valence-electron chi connectivity index (χ3n) is 3.01. The number of amides is 1. The minimum absolute atomic E-state index is 0. The van der Waals surface area contributed by atoms with Crippen LogP contribution in [-0.4, -0.2) is 35.9 Å². The minimum Gasteiger partial charge on any atom is -0.354 e. The van der Waals surface area contributed by atoms with E-state index in [0.717, 1.165) is 11.4 Å². The average molecular weight is 362 g/mol. The van der Waals surface area contributed by atoms with Crippen molar-refractivity contribution in [3.8, 4) is 0 Å².